The number of rotatable bonds is 5. The van der Waals surface area contributed by atoms with Crippen molar-refractivity contribution in [2.24, 2.45) is 0 Å². The van der Waals surface area contributed by atoms with E-state index in [2.05, 4.69) is 33.4 Å². The number of amides is 1. The van der Waals surface area contributed by atoms with Gasteiger partial charge in [-0.05, 0) is 46.3 Å². The predicted octanol–water partition coefficient (Wildman–Crippen LogP) is 4.62. The van der Waals surface area contributed by atoms with Crippen molar-refractivity contribution in [2.45, 2.75) is 4.90 Å². The van der Waals surface area contributed by atoms with Gasteiger partial charge in [-0.2, -0.15) is 0 Å². The summed E-state index contributed by atoms with van der Waals surface area (Å²) in [4.78, 5) is 13.1. The maximum Gasteiger partial charge on any atom is 0.251 e. The molecule has 0 aliphatic carbocycles. The summed E-state index contributed by atoms with van der Waals surface area (Å²) in [6.07, 6.45) is 0. The molecule has 0 atom stereocenters. The maximum absolute atomic E-state index is 11.9. The zero-order valence-electron chi connectivity index (χ0n) is 10.6. The molecule has 2 nitrogen and oxygen atoms in total. The maximum atomic E-state index is 11.9. The Morgan fingerprint density at radius 3 is 2.65 bits per heavy atom. The number of carbonyl (C=O) groups excluding carboxylic acids is 1. The van der Waals surface area contributed by atoms with Gasteiger partial charge in [-0.25, -0.2) is 0 Å². The van der Waals surface area contributed by atoms with Crippen LogP contribution >= 0.6 is 39.3 Å². The third kappa shape index (κ3) is 4.54. The van der Waals surface area contributed by atoms with Crippen molar-refractivity contribution < 1.29 is 4.79 Å². The zero-order valence-corrected chi connectivity index (χ0v) is 13.8. The highest BCUT2D eigenvalue weighted by Crippen LogP contribution is 2.23. The monoisotopic (exact) mass is 369 g/mol. The fourth-order valence-electron chi connectivity index (χ4n) is 1.59. The van der Waals surface area contributed by atoms with Crippen molar-refractivity contribution >= 4 is 45.2 Å². The molecule has 0 unspecified atom stereocenters. The molecule has 0 heterocycles. The van der Waals surface area contributed by atoms with Crippen LogP contribution in [0.4, 0.5) is 0 Å². The summed E-state index contributed by atoms with van der Waals surface area (Å²) in [5.41, 5.74) is 0.572. The lowest BCUT2D eigenvalue weighted by Crippen LogP contribution is -2.25. The van der Waals surface area contributed by atoms with Gasteiger partial charge in [0.25, 0.3) is 5.91 Å². The standard InChI is InChI=1S/C15H13BrClNOS/c16-13-7-6-11(10-14(13)17)15(19)18-8-9-20-12-4-2-1-3-5-12/h1-7,10H,8-9H2,(H,18,19). The van der Waals surface area contributed by atoms with Gasteiger partial charge in [-0.15, -0.1) is 11.8 Å². The molecule has 0 aliphatic rings. The van der Waals surface area contributed by atoms with E-state index in [1.165, 1.54) is 4.90 Å². The van der Waals surface area contributed by atoms with Crippen molar-refractivity contribution in [1.82, 2.24) is 5.32 Å². The van der Waals surface area contributed by atoms with Crippen molar-refractivity contribution in [2.75, 3.05) is 12.3 Å². The van der Waals surface area contributed by atoms with Crippen LogP contribution in [0.25, 0.3) is 0 Å². The van der Waals surface area contributed by atoms with E-state index < -0.39 is 0 Å². The van der Waals surface area contributed by atoms with Gasteiger partial charge in [0.15, 0.2) is 0 Å². The lowest BCUT2D eigenvalue weighted by Gasteiger charge is -2.06. The van der Waals surface area contributed by atoms with Crippen molar-refractivity contribution in [1.29, 1.82) is 0 Å². The van der Waals surface area contributed by atoms with Crippen LogP contribution in [0.5, 0.6) is 0 Å². The summed E-state index contributed by atoms with van der Waals surface area (Å²) in [5.74, 6) is 0.730. The number of carbonyl (C=O) groups is 1. The Balaban J connectivity index is 1.79. The molecular weight excluding hydrogens is 358 g/mol. The van der Waals surface area contributed by atoms with Crippen LogP contribution in [0.2, 0.25) is 5.02 Å². The molecule has 0 fully saturated rings. The molecule has 2 aromatic carbocycles. The second-order valence-electron chi connectivity index (χ2n) is 4.05. The summed E-state index contributed by atoms with van der Waals surface area (Å²) in [6, 6.07) is 15.3. The van der Waals surface area contributed by atoms with E-state index >= 15 is 0 Å². The molecule has 104 valence electrons. The Morgan fingerprint density at radius 2 is 1.95 bits per heavy atom. The fraction of sp³-hybridized carbons (Fsp3) is 0.133. The van der Waals surface area contributed by atoms with E-state index in [9.17, 15) is 4.79 Å². The Labute approximate surface area is 136 Å². The van der Waals surface area contributed by atoms with Crippen LogP contribution < -0.4 is 5.32 Å². The first kappa shape index (κ1) is 15.4. The van der Waals surface area contributed by atoms with Crippen LogP contribution in [-0.2, 0) is 0 Å². The van der Waals surface area contributed by atoms with Gasteiger partial charge in [0.05, 0.1) is 5.02 Å². The Kier molecular flexibility index (Phi) is 5.95. The number of halogens is 2. The highest BCUT2D eigenvalue weighted by Gasteiger charge is 2.07. The lowest BCUT2D eigenvalue weighted by molar-refractivity contribution is 0.0956. The smallest absolute Gasteiger partial charge is 0.251 e. The molecule has 2 aromatic rings. The van der Waals surface area contributed by atoms with E-state index in [0.717, 1.165) is 10.2 Å². The van der Waals surface area contributed by atoms with E-state index in [-0.39, 0.29) is 5.91 Å². The molecule has 0 radical (unpaired) electrons. The summed E-state index contributed by atoms with van der Waals surface area (Å²) >= 11 is 11.0. The van der Waals surface area contributed by atoms with Crippen LogP contribution in [0, 0.1) is 0 Å². The van der Waals surface area contributed by atoms with E-state index in [1.807, 2.05) is 18.2 Å². The summed E-state index contributed by atoms with van der Waals surface area (Å²) in [7, 11) is 0. The normalized spacial score (nSPS) is 10.3. The van der Waals surface area contributed by atoms with Crippen molar-refractivity contribution in [3.8, 4) is 0 Å². The minimum atomic E-state index is -0.104. The number of benzene rings is 2. The molecule has 5 heteroatoms. The fourth-order valence-corrected chi connectivity index (χ4v) is 2.81. The second kappa shape index (κ2) is 7.72. The number of thioether (sulfide) groups is 1. The van der Waals surface area contributed by atoms with E-state index in [0.29, 0.717) is 17.1 Å². The molecule has 0 bridgehead atoms. The van der Waals surface area contributed by atoms with Crippen LogP contribution in [-0.4, -0.2) is 18.2 Å². The third-order valence-corrected chi connectivity index (χ3v) is 4.83. The number of hydrogen-bond donors (Lipinski definition) is 1. The molecular formula is C15H13BrClNOS. The first-order chi connectivity index (χ1) is 9.66. The average molecular weight is 371 g/mol. The average Bonchev–Trinajstić information content (AvgIpc) is 2.47. The minimum absolute atomic E-state index is 0.104. The molecule has 0 spiro atoms. The molecule has 2 rings (SSSR count). The number of hydrogen-bond acceptors (Lipinski definition) is 2. The molecule has 20 heavy (non-hydrogen) atoms. The van der Waals surface area contributed by atoms with Gasteiger partial charge in [-0.3, -0.25) is 4.79 Å². The third-order valence-electron chi connectivity index (χ3n) is 2.58. The Morgan fingerprint density at radius 1 is 1.20 bits per heavy atom. The SMILES string of the molecule is O=C(NCCSc1ccccc1)c1ccc(Br)c(Cl)c1. The molecule has 1 amide bonds. The first-order valence-corrected chi connectivity index (χ1v) is 8.23. The van der Waals surface area contributed by atoms with Gasteiger partial charge in [0, 0.05) is 27.2 Å². The predicted molar refractivity (Wildman–Crippen MR) is 88.7 cm³/mol. The highest BCUT2D eigenvalue weighted by atomic mass is 79.9. The summed E-state index contributed by atoms with van der Waals surface area (Å²) in [5, 5.41) is 3.42. The lowest BCUT2D eigenvalue weighted by atomic mass is 10.2. The van der Waals surface area contributed by atoms with Gasteiger partial charge in [-0.1, -0.05) is 29.8 Å². The van der Waals surface area contributed by atoms with E-state index in [4.69, 9.17) is 11.6 Å². The van der Waals surface area contributed by atoms with Crippen molar-refractivity contribution in [3.05, 3.63) is 63.6 Å². The second-order valence-corrected chi connectivity index (χ2v) is 6.48. The van der Waals surface area contributed by atoms with Crippen molar-refractivity contribution in [3.63, 3.8) is 0 Å². The van der Waals surface area contributed by atoms with Gasteiger partial charge >= 0.3 is 0 Å². The quantitative estimate of drug-likeness (QED) is 0.614. The number of nitrogens with one attached hydrogen (secondary N) is 1. The van der Waals surface area contributed by atoms with Crippen LogP contribution in [0.1, 0.15) is 10.4 Å². The first-order valence-electron chi connectivity index (χ1n) is 6.08. The van der Waals surface area contributed by atoms with Crippen LogP contribution in [0.3, 0.4) is 0 Å². The Hall–Kier alpha value is -0.970. The minimum Gasteiger partial charge on any atom is -0.351 e. The van der Waals surface area contributed by atoms with Gasteiger partial charge < -0.3 is 5.32 Å². The molecule has 0 saturated heterocycles. The van der Waals surface area contributed by atoms with Crippen LogP contribution in [0.15, 0.2) is 57.9 Å². The molecule has 0 aromatic heterocycles. The van der Waals surface area contributed by atoms with E-state index in [1.54, 1.807) is 30.0 Å². The van der Waals surface area contributed by atoms with Gasteiger partial charge in [0.1, 0.15) is 0 Å². The molecule has 1 N–H and O–H groups in total. The van der Waals surface area contributed by atoms with Gasteiger partial charge in [0.2, 0.25) is 0 Å². The molecule has 0 aliphatic heterocycles. The topological polar surface area (TPSA) is 29.1 Å². The Bertz CT molecular complexity index is 592. The highest BCUT2D eigenvalue weighted by molar-refractivity contribution is 9.10. The molecule has 0 saturated carbocycles. The summed E-state index contributed by atoms with van der Waals surface area (Å²) < 4.78 is 0.787. The zero-order chi connectivity index (χ0) is 14.4. The summed E-state index contributed by atoms with van der Waals surface area (Å²) in [6.45, 7) is 0.617. The largest absolute Gasteiger partial charge is 0.351 e.